The molecule has 1 unspecified atom stereocenters. The molecular formula is C15H18N2O2S. The van der Waals surface area contributed by atoms with E-state index in [9.17, 15) is 0 Å². The number of benzene rings is 1. The summed E-state index contributed by atoms with van der Waals surface area (Å²) in [6.07, 6.45) is 0. The Balaban J connectivity index is 1.75. The monoisotopic (exact) mass is 290 g/mol. The van der Waals surface area contributed by atoms with Crippen LogP contribution in [0.4, 0.5) is 0 Å². The summed E-state index contributed by atoms with van der Waals surface area (Å²) in [5.74, 6) is 0.897. The number of hydrogen-bond donors (Lipinski definition) is 1. The van der Waals surface area contributed by atoms with Gasteiger partial charge in [-0.2, -0.15) is 0 Å². The topological polar surface area (TPSA) is 43.4 Å². The molecule has 1 fully saturated rings. The normalized spacial score (nSPS) is 18.9. The van der Waals surface area contributed by atoms with Crippen molar-refractivity contribution in [2.75, 3.05) is 26.4 Å². The number of morpholine rings is 1. The molecule has 2 heterocycles. The smallest absolute Gasteiger partial charge is 0.119 e. The highest BCUT2D eigenvalue weighted by atomic mass is 32.1. The molecule has 0 amide bonds. The lowest BCUT2D eigenvalue weighted by atomic mass is 10.2. The molecule has 3 rings (SSSR count). The number of nitrogens with one attached hydrogen (secondary N) is 1. The number of rotatable bonds is 4. The summed E-state index contributed by atoms with van der Waals surface area (Å²) in [5.41, 5.74) is 2.13. The molecular weight excluding hydrogens is 272 g/mol. The first-order chi connectivity index (χ1) is 9.86. The molecule has 106 valence electrons. The lowest BCUT2D eigenvalue weighted by Crippen LogP contribution is -2.34. The molecule has 1 aliphatic rings. The second-order valence-electron chi connectivity index (χ2n) is 4.61. The number of aromatic nitrogens is 1. The Morgan fingerprint density at radius 1 is 1.40 bits per heavy atom. The Bertz CT molecular complexity index is 547. The van der Waals surface area contributed by atoms with Gasteiger partial charge in [-0.25, -0.2) is 4.98 Å². The highest BCUT2D eigenvalue weighted by Crippen LogP contribution is 2.27. The first-order valence-corrected chi connectivity index (χ1v) is 7.74. The highest BCUT2D eigenvalue weighted by Gasteiger charge is 2.18. The fourth-order valence-corrected chi connectivity index (χ4v) is 3.08. The number of ether oxygens (including phenoxy) is 2. The Morgan fingerprint density at radius 2 is 2.25 bits per heavy atom. The van der Waals surface area contributed by atoms with Gasteiger partial charge < -0.3 is 14.8 Å². The van der Waals surface area contributed by atoms with Gasteiger partial charge in [0.1, 0.15) is 10.8 Å². The molecule has 2 aromatic rings. The van der Waals surface area contributed by atoms with E-state index in [-0.39, 0.29) is 6.04 Å². The maximum Gasteiger partial charge on any atom is 0.119 e. The van der Waals surface area contributed by atoms with Crippen molar-refractivity contribution in [1.29, 1.82) is 0 Å². The van der Waals surface area contributed by atoms with Crippen LogP contribution in [-0.2, 0) is 4.74 Å². The van der Waals surface area contributed by atoms with Crippen molar-refractivity contribution in [2.24, 2.45) is 0 Å². The predicted molar refractivity (Wildman–Crippen MR) is 80.3 cm³/mol. The van der Waals surface area contributed by atoms with Crippen molar-refractivity contribution < 1.29 is 9.47 Å². The van der Waals surface area contributed by atoms with Crippen LogP contribution in [0.3, 0.4) is 0 Å². The summed E-state index contributed by atoms with van der Waals surface area (Å²) in [7, 11) is 0. The largest absolute Gasteiger partial charge is 0.494 e. The Morgan fingerprint density at radius 3 is 2.95 bits per heavy atom. The lowest BCUT2D eigenvalue weighted by molar-refractivity contribution is 0.0768. The second-order valence-corrected chi connectivity index (χ2v) is 5.50. The van der Waals surface area contributed by atoms with Gasteiger partial charge in [-0.05, 0) is 31.2 Å². The van der Waals surface area contributed by atoms with Crippen LogP contribution in [0.5, 0.6) is 5.75 Å². The molecule has 1 atom stereocenters. The SMILES string of the molecule is CCOc1ccc(-c2csc(C3COCCN3)n2)cc1. The average Bonchev–Trinajstić information content (AvgIpc) is 2.99. The molecule has 1 aromatic heterocycles. The molecule has 5 heteroatoms. The van der Waals surface area contributed by atoms with Crippen LogP contribution in [-0.4, -0.2) is 31.3 Å². The van der Waals surface area contributed by atoms with Crippen molar-refractivity contribution in [2.45, 2.75) is 13.0 Å². The second kappa shape index (κ2) is 6.35. The highest BCUT2D eigenvalue weighted by molar-refractivity contribution is 7.10. The van der Waals surface area contributed by atoms with E-state index in [4.69, 9.17) is 14.5 Å². The summed E-state index contributed by atoms with van der Waals surface area (Å²) < 4.78 is 10.9. The molecule has 1 N–H and O–H groups in total. The molecule has 4 nitrogen and oxygen atoms in total. The van der Waals surface area contributed by atoms with Crippen LogP contribution in [0.1, 0.15) is 18.0 Å². The predicted octanol–water partition coefficient (Wildman–Crippen LogP) is 2.87. The van der Waals surface area contributed by atoms with Gasteiger partial charge in [-0.15, -0.1) is 11.3 Å². The Hall–Kier alpha value is -1.43. The minimum absolute atomic E-state index is 0.227. The molecule has 1 aromatic carbocycles. The first kappa shape index (κ1) is 13.5. The summed E-state index contributed by atoms with van der Waals surface area (Å²) >= 11 is 1.68. The summed E-state index contributed by atoms with van der Waals surface area (Å²) in [6, 6.07) is 8.30. The maximum atomic E-state index is 5.48. The summed E-state index contributed by atoms with van der Waals surface area (Å²) in [4.78, 5) is 4.72. The third kappa shape index (κ3) is 3.00. The number of thiazole rings is 1. The van der Waals surface area contributed by atoms with E-state index in [1.165, 1.54) is 0 Å². The van der Waals surface area contributed by atoms with E-state index in [1.807, 2.05) is 19.1 Å². The van der Waals surface area contributed by atoms with Gasteiger partial charge in [0.05, 0.1) is 31.6 Å². The third-order valence-electron chi connectivity index (χ3n) is 3.20. The van der Waals surface area contributed by atoms with Gasteiger partial charge in [0.25, 0.3) is 0 Å². The van der Waals surface area contributed by atoms with Crippen molar-refractivity contribution in [3.8, 4) is 17.0 Å². The summed E-state index contributed by atoms with van der Waals surface area (Å²) in [5, 5.41) is 6.62. The lowest BCUT2D eigenvalue weighted by Gasteiger charge is -2.21. The van der Waals surface area contributed by atoms with E-state index in [1.54, 1.807) is 11.3 Å². The first-order valence-electron chi connectivity index (χ1n) is 6.86. The van der Waals surface area contributed by atoms with Crippen LogP contribution in [0.15, 0.2) is 29.6 Å². The fourth-order valence-electron chi connectivity index (χ4n) is 2.19. The quantitative estimate of drug-likeness (QED) is 0.940. The molecule has 0 aliphatic carbocycles. The number of nitrogens with zero attached hydrogens (tertiary/aromatic N) is 1. The maximum absolute atomic E-state index is 5.48. The average molecular weight is 290 g/mol. The van der Waals surface area contributed by atoms with Crippen LogP contribution in [0.2, 0.25) is 0 Å². The summed E-state index contributed by atoms with van der Waals surface area (Å²) in [6.45, 7) is 5.06. The molecule has 1 aliphatic heterocycles. The van der Waals surface area contributed by atoms with E-state index >= 15 is 0 Å². The minimum Gasteiger partial charge on any atom is -0.494 e. The molecule has 0 radical (unpaired) electrons. The Kier molecular flexibility index (Phi) is 4.30. The molecule has 0 saturated carbocycles. The molecule has 20 heavy (non-hydrogen) atoms. The standard InChI is InChI=1S/C15H18N2O2S/c1-2-19-12-5-3-11(4-6-12)14-10-20-15(17-14)13-9-18-8-7-16-13/h3-6,10,13,16H,2,7-9H2,1H3. The van der Waals surface area contributed by atoms with Crippen LogP contribution < -0.4 is 10.1 Å². The van der Waals surface area contributed by atoms with Crippen LogP contribution >= 0.6 is 11.3 Å². The Labute approximate surface area is 122 Å². The van der Waals surface area contributed by atoms with Gasteiger partial charge in [-0.1, -0.05) is 0 Å². The van der Waals surface area contributed by atoms with Gasteiger partial charge in [0.2, 0.25) is 0 Å². The van der Waals surface area contributed by atoms with E-state index in [0.29, 0.717) is 13.2 Å². The van der Waals surface area contributed by atoms with Crippen molar-refractivity contribution in [1.82, 2.24) is 10.3 Å². The van der Waals surface area contributed by atoms with Crippen LogP contribution in [0, 0.1) is 0 Å². The van der Waals surface area contributed by atoms with Gasteiger partial charge in [0, 0.05) is 17.5 Å². The zero-order valence-corrected chi connectivity index (χ0v) is 12.3. The van der Waals surface area contributed by atoms with E-state index in [0.717, 1.165) is 35.2 Å². The number of hydrogen-bond acceptors (Lipinski definition) is 5. The van der Waals surface area contributed by atoms with E-state index in [2.05, 4.69) is 22.8 Å². The third-order valence-corrected chi connectivity index (χ3v) is 4.16. The van der Waals surface area contributed by atoms with E-state index < -0.39 is 0 Å². The van der Waals surface area contributed by atoms with Crippen LogP contribution in [0.25, 0.3) is 11.3 Å². The molecule has 1 saturated heterocycles. The van der Waals surface area contributed by atoms with Gasteiger partial charge in [0.15, 0.2) is 0 Å². The minimum atomic E-state index is 0.227. The van der Waals surface area contributed by atoms with Gasteiger partial charge in [-0.3, -0.25) is 0 Å². The van der Waals surface area contributed by atoms with Crippen molar-refractivity contribution >= 4 is 11.3 Å². The zero-order chi connectivity index (χ0) is 13.8. The molecule has 0 bridgehead atoms. The van der Waals surface area contributed by atoms with Crippen molar-refractivity contribution in [3.63, 3.8) is 0 Å². The fraction of sp³-hybridized carbons (Fsp3) is 0.400. The van der Waals surface area contributed by atoms with Gasteiger partial charge >= 0.3 is 0 Å². The van der Waals surface area contributed by atoms with Crippen molar-refractivity contribution in [3.05, 3.63) is 34.7 Å². The molecule has 0 spiro atoms. The zero-order valence-electron chi connectivity index (χ0n) is 11.5.